The number of nitrogens with two attached hydrogens (primary N) is 1. The fourth-order valence-electron chi connectivity index (χ4n) is 2.84. The lowest BCUT2D eigenvalue weighted by atomic mass is 10.1. The van der Waals surface area contributed by atoms with Crippen LogP contribution in [0.3, 0.4) is 0 Å². The van der Waals surface area contributed by atoms with Gasteiger partial charge in [0.1, 0.15) is 0 Å². The van der Waals surface area contributed by atoms with Crippen LogP contribution in [0, 0.1) is 13.8 Å². The van der Waals surface area contributed by atoms with E-state index in [0.717, 1.165) is 44.8 Å². The number of halogens is 3. The number of hydrogen-bond acceptors (Lipinski definition) is 4. The van der Waals surface area contributed by atoms with Crippen LogP contribution in [0.1, 0.15) is 29.8 Å². The van der Waals surface area contributed by atoms with Crippen molar-refractivity contribution < 1.29 is 4.79 Å². The quantitative estimate of drug-likeness (QED) is 0.814. The smallest absolute Gasteiger partial charge is 0.222 e. The highest BCUT2D eigenvalue weighted by Gasteiger charge is 2.22. The number of rotatable bonds is 5. The van der Waals surface area contributed by atoms with Gasteiger partial charge in [-0.1, -0.05) is 0 Å². The summed E-state index contributed by atoms with van der Waals surface area (Å²) in [6, 6.07) is 0. The maximum atomic E-state index is 12.0. The molecular weight excluding hydrogens is 373 g/mol. The molecule has 142 valence electrons. The van der Waals surface area contributed by atoms with Crippen molar-refractivity contribution in [1.29, 1.82) is 0 Å². The molecule has 2 heterocycles. The number of carbonyl (C=O) groups is 1. The topological polar surface area (TPSA) is 67.4 Å². The van der Waals surface area contributed by atoms with E-state index in [1.54, 1.807) is 0 Å². The Kier molecular flexibility index (Phi) is 12.8. The molecule has 24 heavy (non-hydrogen) atoms. The van der Waals surface area contributed by atoms with Gasteiger partial charge in [-0.25, -0.2) is 0 Å². The van der Waals surface area contributed by atoms with Crippen LogP contribution in [0.2, 0.25) is 0 Å². The van der Waals surface area contributed by atoms with Crippen LogP contribution in [0.25, 0.3) is 0 Å². The van der Waals surface area contributed by atoms with Crippen molar-refractivity contribution in [2.24, 2.45) is 12.8 Å². The van der Waals surface area contributed by atoms with E-state index >= 15 is 0 Å². The van der Waals surface area contributed by atoms with Gasteiger partial charge in [0.25, 0.3) is 0 Å². The summed E-state index contributed by atoms with van der Waals surface area (Å²) in [4.78, 5) is 16.3. The summed E-state index contributed by atoms with van der Waals surface area (Å²) in [6.45, 7) is 9.20. The zero-order valence-corrected chi connectivity index (χ0v) is 17.1. The molecular formula is C15H30Cl3N5O. The minimum atomic E-state index is 0. The molecule has 2 N–H and O–H groups in total. The van der Waals surface area contributed by atoms with Crippen LogP contribution in [0.15, 0.2) is 0 Å². The molecule has 0 aliphatic carbocycles. The lowest BCUT2D eigenvalue weighted by Crippen LogP contribution is -2.48. The fourth-order valence-corrected chi connectivity index (χ4v) is 2.84. The third-order valence-corrected chi connectivity index (χ3v) is 4.36. The summed E-state index contributed by atoms with van der Waals surface area (Å²) >= 11 is 0. The molecule has 0 unspecified atom stereocenters. The second-order valence-corrected chi connectivity index (χ2v) is 5.82. The minimum Gasteiger partial charge on any atom is -0.340 e. The Morgan fingerprint density at radius 1 is 1.12 bits per heavy atom. The largest absolute Gasteiger partial charge is 0.340 e. The van der Waals surface area contributed by atoms with Crippen molar-refractivity contribution in [1.82, 2.24) is 19.6 Å². The van der Waals surface area contributed by atoms with E-state index in [2.05, 4.69) is 23.8 Å². The van der Waals surface area contributed by atoms with Gasteiger partial charge in [0, 0.05) is 57.4 Å². The number of nitrogens with zero attached hydrogens (tertiary/aromatic N) is 4. The van der Waals surface area contributed by atoms with Crippen molar-refractivity contribution in [2.75, 3.05) is 32.7 Å². The second kappa shape index (κ2) is 11.9. The van der Waals surface area contributed by atoms with Gasteiger partial charge in [-0.2, -0.15) is 5.10 Å². The molecule has 0 radical (unpaired) electrons. The van der Waals surface area contributed by atoms with Gasteiger partial charge >= 0.3 is 0 Å². The molecule has 9 heteroatoms. The summed E-state index contributed by atoms with van der Waals surface area (Å²) in [5.41, 5.74) is 9.12. The molecule has 1 aromatic heterocycles. The number of aromatic nitrogens is 2. The molecule has 2 rings (SSSR count). The van der Waals surface area contributed by atoms with Crippen LogP contribution in [0.5, 0.6) is 0 Å². The highest BCUT2D eigenvalue weighted by molar-refractivity contribution is 5.86. The molecule has 1 aliphatic rings. The van der Waals surface area contributed by atoms with Crippen LogP contribution in [-0.4, -0.2) is 58.2 Å². The van der Waals surface area contributed by atoms with Crippen molar-refractivity contribution >= 4 is 43.1 Å². The van der Waals surface area contributed by atoms with Gasteiger partial charge in [-0.05, 0) is 26.8 Å². The molecule has 6 nitrogen and oxygen atoms in total. The first-order valence-corrected chi connectivity index (χ1v) is 7.72. The number of carbonyl (C=O) groups excluding carboxylic acids is 1. The highest BCUT2D eigenvalue weighted by atomic mass is 35.5. The Labute approximate surface area is 163 Å². The predicted molar refractivity (Wildman–Crippen MR) is 105 cm³/mol. The number of aryl methyl sites for hydroxylation is 2. The van der Waals surface area contributed by atoms with Gasteiger partial charge in [0.2, 0.25) is 5.91 Å². The van der Waals surface area contributed by atoms with Gasteiger partial charge in [0.05, 0.1) is 5.69 Å². The molecule has 0 spiro atoms. The number of hydrogen-bond donors (Lipinski definition) is 1. The van der Waals surface area contributed by atoms with Crippen molar-refractivity contribution in [3.63, 3.8) is 0 Å². The summed E-state index contributed by atoms with van der Waals surface area (Å²) < 4.78 is 1.94. The van der Waals surface area contributed by atoms with Crippen molar-refractivity contribution in [2.45, 2.75) is 33.2 Å². The first-order valence-electron chi connectivity index (χ1n) is 7.72. The average Bonchev–Trinajstić information content (AvgIpc) is 2.72. The molecule has 1 saturated heterocycles. The lowest BCUT2D eigenvalue weighted by molar-refractivity contribution is -0.133. The number of amides is 1. The summed E-state index contributed by atoms with van der Waals surface area (Å²) in [5, 5.41) is 4.47. The van der Waals surface area contributed by atoms with E-state index in [1.807, 2.05) is 16.6 Å². The van der Waals surface area contributed by atoms with Crippen molar-refractivity contribution in [3.8, 4) is 0 Å². The normalized spacial score (nSPS) is 14.4. The Morgan fingerprint density at radius 3 is 2.17 bits per heavy atom. The standard InChI is InChI=1S/C15H27N5O.3ClH/c1-12-14(13(2)18(3)17-12)11-19-7-9-20(10-8-19)15(21)5-4-6-16;;;/h4-11,16H2,1-3H3;3*1H. The molecule has 1 fully saturated rings. The van der Waals surface area contributed by atoms with E-state index in [-0.39, 0.29) is 43.1 Å². The minimum absolute atomic E-state index is 0. The zero-order chi connectivity index (χ0) is 15.4. The Balaban J connectivity index is 0. The van der Waals surface area contributed by atoms with Crippen LogP contribution in [-0.2, 0) is 18.4 Å². The fraction of sp³-hybridized carbons (Fsp3) is 0.733. The maximum Gasteiger partial charge on any atom is 0.222 e. The highest BCUT2D eigenvalue weighted by Crippen LogP contribution is 2.16. The Hall–Kier alpha value is -0.530. The lowest BCUT2D eigenvalue weighted by Gasteiger charge is -2.34. The molecule has 0 aromatic carbocycles. The maximum absolute atomic E-state index is 12.0. The Bertz CT molecular complexity index is 502. The van der Waals surface area contributed by atoms with Gasteiger partial charge in [0.15, 0.2) is 0 Å². The van der Waals surface area contributed by atoms with E-state index < -0.39 is 0 Å². The first-order chi connectivity index (χ1) is 10.0. The monoisotopic (exact) mass is 401 g/mol. The first kappa shape index (κ1) is 25.7. The van der Waals surface area contributed by atoms with E-state index in [4.69, 9.17) is 5.73 Å². The van der Waals surface area contributed by atoms with E-state index in [0.29, 0.717) is 13.0 Å². The SMILES string of the molecule is Cc1nn(C)c(C)c1CN1CCN(C(=O)CCCN)CC1.Cl.Cl.Cl. The van der Waals surface area contributed by atoms with Gasteiger partial charge in [-0.3, -0.25) is 14.4 Å². The van der Waals surface area contributed by atoms with Crippen LogP contribution < -0.4 is 5.73 Å². The zero-order valence-electron chi connectivity index (χ0n) is 14.7. The third-order valence-electron chi connectivity index (χ3n) is 4.36. The molecule has 1 aromatic rings. The van der Waals surface area contributed by atoms with Crippen molar-refractivity contribution in [3.05, 3.63) is 17.0 Å². The molecule has 0 bridgehead atoms. The Morgan fingerprint density at radius 2 is 1.71 bits per heavy atom. The van der Waals surface area contributed by atoms with Crippen LogP contribution in [0.4, 0.5) is 0 Å². The summed E-state index contributed by atoms with van der Waals surface area (Å²) in [6.07, 6.45) is 1.37. The van der Waals surface area contributed by atoms with E-state index in [9.17, 15) is 4.79 Å². The molecule has 0 saturated carbocycles. The average molecular weight is 403 g/mol. The molecule has 1 aliphatic heterocycles. The van der Waals surface area contributed by atoms with Gasteiger partial charge < -0.3 is 10.6 Å². The van der Waals surface area contributed by atoms with E-state index in [1.165, 1.54) is 11.3 Å². The number of piperazine rings is 1. The third kappa shape index (κ3) is 6.41. The van der Waals surface area contributed by atoms with Gasteiger partial charge in [-0.15, -0.1) is 37.2 Å². The summed E-state index contributed by atoms with van der Waals surface area (Å²) in [5.74, 6) is 0.244. The summed E-state index contributed by atoms with van der Waals surface area (Å²) in [7, 11) is 1.99. The predicted octanol–water partition coefficient (Wildman–Crippen LogP) is 1.69. The van der Waals surface area contributed by atoms with Crippen LogP contribution >= 0.6 is 37.2 Å². The molecule has 0 atom stereocenters. The second-order valence-electron chi connectivity index (χ2n) is 5.82. The molecule has 1 amide bonds.